The minimum absolute atomic E-state index is 0.0433. The van der Waals surface area contributed by atoms with Crippen LogP contribution in [0.1, 0.15) is 26.2 Å². The lowest BCUT2D eigenvalue weighted by Gasteiger charge is -2.33. The number of carboxylic acids is 1. The molecule has 2 rings (SSSR count). The Kier molecular flexibility index (Phi) is 5.07. The van der Waals surface area contributed by atoms with Crippen LogP contribution in [0.5, 0.6) is 0 Å². The van der Waals surface area contributed by atoms with E-state index in [2.05, 4.69) is 5.32 Å². The van der Waals surface area contributed by atoms with Gasteiger partial charge in [0.1, 0.15) is 6.54 Å². The molecular weight excluding hydrogens is 292 g/mol. The van der Waals surface area contributed by atoms with Gasteiger partial charge in [0.2, 0.25) is 0 Å². The Balaban J connectivity index is 2.11. The van der Waals surface area contributed by atoms with E-state index in [1.165, 1.54) is 11.3 Å². The summed E-state index contributed by atoms with van der Waals surface area (Å²) >= 11 is 5.91. The van der Waals surface area contributed by atoms with Crippen molar-refractivity contribution in [3.63, 3.8) is 0 Å². The molecule has 1 aliphatic carbocycles. The van der Waals surface area contributed by atoms with E-state index in [4.69, 9.17) is 16.7 Å². The normalized spacial score (nSPS) is 15.9. The van der Waals surface area contributed by atoms with Crippen molar-refractivity contribution in [3.05, 3.63) is 29.3 Å². The second kappa shape index (κ2) is 6.80. The van der Waals surface area contributed by atoms with Gasteiger partial charge < -0.3 is 10.4 Å². The molecule has 21 heavy (non-hydrogen) atoms. The third-order valence-electron chi connectivity index (χ3n) is 3.87. The summed E-state index contributed by atoms with van der Waals surface area (Å²) in [6.07, 6.45) is 3.41. The van der Waals surface area contributed by atoms with Crippen LogP contribution in [-0.2, 0) is 4.79 Å². The molecule has 0 aliphatic heterocycles. The minimum atomic E-state index is -1.07. The highest BCUT2D eigenvalue weighted by Gasteiger charge is 2.27. The highest BCUT2D eigenvalue weighted by atomic mass is 35.5. The Hall–Kier alpha value is -1.75. The first-order valence-corrected chi connectivity index (χ1v) is 7.40. The van der Waals surface area contributed by atoms with Gasteiger partial charge in [0.15, 0.2) is 0 Å². The molecule has 1 atom stereocenters. The van der Waals surface area contributed by atoms with E-state index in [-0.39, 0.29) is 6.04 Å². The zero-order chi connectivity index (χ0) is 15.4. The van der Waals surface area contributed by atoms with Crippen molar-refractivity contribution in [2.24, 2.45) is 5.92 Å². The van der Waals surface area contributed by atoms with Crippen molar-refractivity contribution in [1.82, 2.24) is 5.32 Å². The summed E-state index contributed by atoms with van der Waals surface area (Å²) < 4.78 is 0. The van der Waals surface area contributed by atoms with Gasteiger partial charge in [-0.25, -0.2) is 4.79 Å². The topological polar surface area (TPSA) is 69.6 Å². The van der Waals surface area contributed by atoms with Gasteiger partial charge in [-0.15, -0.1) is 0 Å². The zero-order valence-electron chi connectivity index (χ0n) is 11.9. The van der Waals surface area contributed by atoms with Gasteiger partial charge in [0.05, 0.1) is 0 Å². The fourth-order valence-corrected chi connectivity index (χ4v) is 2.57. The number of nitrogens with one attached hydrogen (secondary N) is 1. The number of nitrogens with zero attached hydrogens (tertiary/aromatic N) is 1. The first-order chi connectivity index (χ1) is 9.97. The van der Waals surface area contributed by atoms with Crippen LogP contribution in [0, 0.1) is 5.92 Å². The van der Waals surface area contributed by atoms with Crippen LogP contribution in [0.15, 0.2) is 24.3 Å². The van der Waals surface area contributed by atoms with Crippen molar-refractivity contribution in [3.8, 4) is 0 Å². The molecule has 1 unspecified atom stereocenters. The number of hydrogen-bond acceptors (Lipinski definition) is 2. The summed E-state index contributed by atoms with van der Waals surface area (Å²) in [5, 5.41) is 12.4. The Bertz CT molecular complexity index is 531. The molecule has 0 heterocycles. The summed E-state index contributed by atoms with van der Waals surface area (Å²) in [6, 6.07) is 6.26. The van der Waals surface area contributed by atoms with E-state index in [1.807, 2.05) is 6.92 Å². The molecule has 2 amide bonds. The van der Waals surface area contributed by atoms with Gasteiger partial charge in [-0.05, 0) is 43.9 Å². The average molecular weight is 311 g/mol. The lowest BCUT2D eigenvalue weighted by molar-refractivity contribution is -0.135. The monoisotopic (exact) mass is 310 g/mol. The average Bonchev–Trinajstić information content (AvgIpc) is 2.33. The van der Waals surface area contributed by atoms with Crippen LogP contribution < -0.4 is 10.2 Å². The molecule has 1 aromatic rings. The Morgan fingerprint density at radius 3 is 2.71 bits per heavy atom. The van der Waals surface area contributed by atoms with Gasteiger partial charge in [0.25, 0.3) is 0 Å². The highest BCUT2D eigenvalue weighted by Crippen LogP contribution is 2.29. The molecule has 114 valence electrons. The molecule has 0 radical (unpaired) electrons. The number of amides is 2. The van der Waals surface area contributed by atoms with E-state index in [0.717, 1.165) is 12.8 Å². The molecule has 1 aliphatic rings. The number of anilines is 1. The minimum Gasteiger partial charge on any atom is -0.480 e. The fourth-order valence-electron chi connectivity index (χ4n) is 2.39. The van der Waals surface area contributed by atoms with Crippen molar-refractivity contribution in [2.45, 2.75) is 32.2 Å². The molecule has 1 aromatic carbocycles. The number of carboxylic acid groups (broad SMARTS) is 1. The lowest BCUT2D eigenvalue weighted by Crippen LogP contribution is -2.49. The van der Waals surface area contributed by atoms with Crippen LogP contribution in [0.3, 0.4) is 0 Å². The Labute approximate surface area is 128 Å². The van der Waals surface area contributed by atoms with Crippen LogP contribution in [0.25, 0.3) is 0 Å². The quantitative estimate of drug-likeness (QED) is 0.878. The van der Waals surface area contributed by atoms with E-state index in [1.54, 1.807) is 24.3 Å². The summed E-state index contributed by atoms with van der Waals surface area (Å²) in [5.74, 6) is -0.582. The zero-order valence-corrected chi connectivity index (χ0v) is 12.6. The number of hydrogen-bond donors (Lipinski definition) is 2. The molecule has 0 spiro atoms. The van der Waals surface area contributed by atoms with Crippen LogP contribution in [0.2, 0.25) is 5.02 Å². The molecule has 0 saturated heterocycles. The molecule has 0 bridgehead atoms. The molecule has 5 nitrogen and oxygen atoms in total. The maximum atomic E-state index is 12.4. The summed E-state index contributed by atoms with van der Waals surface area (Å²) in [7, 11) is 0. The largest absolute Gasteiger partial charge is 0.480 e. The number of urea groups is 1. The third kappa shape index (κ3) is 4.11. The second-order valence-corrected chi connectivity index (χ2v) is 5.83. The molecule has 6 heteroatoms. The highest BCUT2D eigenvalue weighted by molar-refractivity contribution is 6.30. The molecule has 2 N–H and O–H groups in total. The van der Waals surface area contributed by atoms with Gasteiger partial charge >= 0.3 is 12.0 Å². The summed E-state index contributed by atoms with van der Waals surface area (Å²) in [5.41, 5.74) is 0.475. The Morgan fingerprint density at radius 1 is 1.48 bits per heavy atom. The number of carbonyl (C=O) groups is 2. The standard InChI is InChI=1S/C15H19ClN2O3/c1-10(11-4-2-5-11)17-15(21)18(9-14(19)20)13-7-3-6-12(16)8-13/h3,6-8,10-11H,2,4-5,9H2,1H3,(H,17,21)(H,19,20). The molecule has 0 aromatic heterocycles. The number of halogens is 1. The SMILES string of the molecule is CC(NC(=O)N(CC(=O)O)c1cccc(Cl)c1)C1CCC1. The fraction of sp³-hybridized carbons (Fsp3) is 0.467. The summed E-state index contributed by atoms with van der Waals surface area (Å²) in [4.78, 5) is 24.6. The van der Waals surface area contributed by atoms with Gasteiger partial charge in [-0.2, -0.15) is 0 Å². The number of benzene rings is 1. The molecule has 1 saturated carbocycles. The summed E-state index contributed by atoms with van der Waals surface area (Å²) in [6.45, 7) is 1.56. The van der Waals surface area contributed by atoms with E-state index in [0.29, 0.717) is 16.6 Å². The van der Waals surface area contributed by atoms with E-state index < -0.39 is 18.5 Å². The third-order valence-corrected chi connectivity index (χ3v) is 4.10. The van der Waals surface area contributed by atoms with Crippen LogP contribution in [-0.4, -0.2) is 29.7 Å². The predicted molar refractivity (Wildman–Crippen MR) is 81.8 cm³/mol. The van der Waals surface area contributed by atoms with Crippen molar-refractivity contribution in [2.75, 3.05) is 11.4 Å². The first kappa shape index (κ1) is 15.6. The van der Waals surface area contributed by atoms with E-state index in [9.17, 15) is 9.59 Å². The lowest BCUT2D eigenvalue weighted by atomic mass is 9.80. The number of aliphatic carboxylic acids is 1. The molecule has 1 fully saturated rings. The Morgan fingerprint density at radius 2 is 2.19 bits per heavy atom. The maximum absolute atomic E-state index is 12.4. The van der Waals surface area contributed by atoms with Gasteiger partial charge in [-0.1, -0.05) is 24.1 Å². The smallest absolute Gasteiger partial charge is 0.323 e. The van der Waals surface area contributed by atoms with Crippen molar-refractivity contribution in [1.29, 1.82) is 0 Å². The predicted octanol–water partition coefficient (Wildman–Crippen LogP) is 3.13. The van der Waals surface area contributed by atoms with E-state index >= 15 is 0 Å². The van der Waals surface area contributed by atoms with Crippen molar-refractivity contribution < 1.29 is 14.7 Å². The van der Waals surface area contributed by atoms with Crippen molar-refractivity contribution >= 4 is 29.3 Å². The second-order valence-electron chi connectivity index (χ2n) is 5.39. The van der Waals surface area contributed by atoms with Gasteiger partial charge in [-0.3, -0.25) is 9.69 Å². The number of carbonyl (C=O) groups excluding carboxylic acids is 1. The van der Waals surface area contributed by atoms with Crippen LogP contribution >= 0.6 is 11.6 Å². The van der Waals surface area contributed by atoms with Crippen LogP contribution in [0.4, 0.5) is 10.5 Å². The number of rotatable bonds is 5. The first-order valence-electron chi connectivity index (χ1n) is 7.03. The molecular formula is C15H19ClN2O3. The maximum Gasteiger partial charge on any atom is 0.323 e. The van der Waals surface area contributed by atoms with Gasteiger partial charge in [0, 0.05) is 16.8 Å².